The van der Waals surface area contributed by atoms with E-state index in [1.165, 1.54) is 0 Å². The van der Waals surface area contributed by atoms with Gasteiger partial charge in [0.15, 0.2) is 4.77 Å². The van der Waals surface area contributed by atoms with Crippen molar-refractivity contribution in [3.63, 3.8) is 0 Å². The first-order chi connectivity index (χ1) is 8.04. The van der Waals surface area contributed by atoms with Crippen molar-refractivity contribution in [3.05, 3.63) is 43.3 Å². The Hall–Kier alpha value is -0.290. The summed E-state index contributed by atoms with van der Waals surface area (Å²) in [5, 5.41) is 1.13. The molecule has 0 saturated heterocycles. The monoisotopic (exact) mass is 350 g/mol. The number of hydrogen-bond acceptors (Lipinski definition) is 1. The Bertz CT molecular complexity index is 595. The number of halogens is 3. The molecule has 0 aliphatic rings. The summed E-state index contributed by atoms with van der Waals surface area (Å²) in [7, 11) is 0. The predicted octanol–water partition coefficient (Wildman–Crippen LogP) is 5.17. The van der Waals surface area contributed by atoms with Crippen molar-refractivity contribution in [2.24, 2.45) is 0 Å². The summed E-state index contributed by atoms with van der Waals surface area (Å²) in [5.41, 5.74) is 1.76. The molecule has 2 rings (SSSR count). The number of benzene rings is 1. The van der Waals surface area contributed by atoms with Crippen molar-refractivity contribution in [2.45, 2.75) is 13.3 Å². The smallest absolute Gasteiger partial charge is 0.182 e. The molecule has 17 heavy (non-hydrogen) atoms. The van der Waals surface area contributed by atoms with Gasteiger partial charge in [-0.2, -0.15) is 0 Å². The van der Waals surface area contributed by atoms with Gasteiger partial charge >= 0.3 is 0 Å². The van der Waals surface area contributed by atoms with E-state index in [4.69, 9.17) is 35.4 Å². The van der Waals surface area contributed by atoms with E-state index in [0.717, 1.165) is 22.3 Å². The minimum absolute atomic E-state index is 0.565. The quantitative estimate of drug-likeness (QED) is 0.740. The van der Waals surface area contributed by atoms with Crippen molar-refractivity contribution in [1.82, 2.24) is 9.55 Å². The van der Waals surface area contributed by atoms with Crippen LogP contribution in [0, 0.1) is 4.77 Å². The second-order valence-corrected chi connectivity index (χ2v) is 5.61. The number of imidazole rings is 1. The van der Waals surface area contributed by atoms with Crippen LogP contribution in [0.1, 0.15) is 12.6 Å². The van der Waals surface area contributed by atoms with Crippen LogP contribution in [0.2, 0.25) is 10.0 Å². The lowest BCUT2D eigenvalue weighted by Crippen LogP contribution is -2.01. The zero-order valence-corrected chi connectivity index (χ0v) is 12.8. The van der Waals surface area contributed by atoms with Crippen LogP contribution in [-0.4, -0.2) is 9.55 Å². The zero-order chi connectivity index (χ0) is 12.6. The van der Waals surface area contributed by atoms with Gasteiger partial charge in [-0.3, -0.25) is 4.57 Å². The van der Waals surface area contributed by atoms with Crippen LogP contribution in [-0.2, 0) is 6.42 Å². The molecule has 0 atom stereocenters. The van der Waals surface area contributed by atoms with Gasteiger partial charge in [-0.1, -0.05) is 46.1 Å². The fourth-order valence-electron chi connectivity index (χ4n) is 1.66. The Kier molecular flexibility index (Phi) is 3.98. The standard InChI is InChI=1S/C11H9BrCl2N2S/c1-2-7-5-15-11(17)16(7)10-8(13)3-6(12)4-9(10)14/h3-5H,2H2,1H3,(H,15,17). The molecule has 1 heterocycles. The summed E-state index contributed by atoms with van der Waals surface area (Å²) in [6.07, 6.45) is 2.72. The molecule has 6 heteroatoms. The van der Waals surface area contributed by atoms with Crippen LogP contribution in [0.5, 0.6) is 0 Å². The van der Waals surface area contributed by atoms with Crippen molar-refractivity contribution in [3.8, 4) is 5.69 Å². The third-order valence-electron chi connectivity index (χ3n) is 2.42. The van der Waals surface area contributed by atoms with Gasteiger partial charge in [0.1, 0.15) is 0 Å². The zero-order valence-electron chi connectivity index (χ0n) is 8.93. The van der Waals surface area contributed by atoms with E-state index in [1.807, 2.05) is 10.8 Å². The van der Waals surface area contributed by atoms with E-state index in [1.54, 1.807) is 12.1 Å². The molecule has 0 fully saturated rings. The normalized spacial score (nSPS) is 10.8. The molecule has 1 aromatic heterocycles. The Morgan fingerprint density at radius 2 is 1.94 bits per heavy atom. The van der Waals surface area contributed by atoms with Gasteiger partial charge in [0.2, 0.25) is 0 Å². The average molecular weight is 352 g/mol. The Labute approximate surface area is 123 Å². The summed E-state index contributed by atoms with van der Waals surface area (Å²) < 4.78 is 3.30. The minimum atomic E-state index is 0.565. The van der Waals surface area contributed by atoms with Crippen LogP contribution in [0.15, 0.2) is 22.8 Å². The Morgan fingerprint density at radius 1 is 1.35 bits per heavy atom. The Morgan fingerprint density at radius 3 is 2.47 bits per heavy atom. The summed E-state index contributed by atoms with van der Waals surface area (Å²) >= 11 is 21.1. The van der Waals surface area contributed by atoms with Gasteiger partial charge in [-0.25, -0.2) is 0 Å². The van der Waals surface area contributed by atoms with E-state index < -0.39 is 0 Å². The Balaban J connectivity index is 2.77. The van der Waals surface area contributed by atoms with E-state index in [9.17, 15) is 0 Å². The summed E-state index contributed by atoms with van der Waals surface area (Å²) in [4.78, 5) is 3.00. The van der Waals surface area contributed by atoms with Crippen molar-refractivity contribution in [2.75, 3.05) is 0 Å². The first-order valence-electron chi connectivity index (χ1n) is 4.98. The first kappa shape index (κ1) is 13.1. The molecule has 0 spiro atoms. The number of aromatic amines is 1. The molecule has 0 bridgehead atoms. The second kappa shape index (κ2) is 5.14. The number of rotatable bonds is 2. The van der Waals surface area contributed by atoms with E-state index in [-0.39, 0.29) is 0 Å². The SMILES string of the molecule is CCc1c[nH]c(=S)n1-c1c(Cl)cc(Br)cc1Cl. The van der Waals surface area contributed by atoms with Crippen LogP contribution >= 0.6 is 51.3 Å². The third-order valence-corrected chi connectivity index (χ3v) is 3.75. The largest absolute Gasteiger partial charge is 0.337 e. The predicted molar refractivity (Wildman–Crippen MR) is 78.1 cm³/mol. The van der Waals surface area contributed by atoms with Crippen molar-refractivity contribution in [1.29, 1.82) is 0 Å². The molecule has 0 saturated carbocycles. The lowest BCUT2D eigenvalue weighted by molar-refractivity contribution is 0.922. The average Bonchev–Trinajstić information content (AvgIpc) is 2.59. The molecule has 2 aromatic rings. The number of hydrogen-bond donors (Lipinski definition) is 1. The molecule has 0 amide bonds. The van der Waals surface area contributed by atoms with Gasteiger partial charge in [0, 0.05) is 16.4 Å². The van der Waals surface area contributed by atoms with Gasteiger partial charge < -0.3 is 4.98 Å². The molecule has 1 N–H and O–H groups in total. The minimum Gasteiger partial charge on any atom is -0.337 e. The molecule has 0 aliphatic carbocycles. The van der Waals surface area contributed by atoms with Gasteiger partial charge in [-0.15, -0.1) is 0 Å². The van der Waals surface area contributed by atoms with Crippen LogP contribution in [0.4, 0.5) is 0 Å². The summed E-state index contributed by atoms with van der Waals surface area (Å²) in [6.45, 7) is 2.05. The van der Waals surface area contributed by atoms with E-state index in [0.29, 0.717) is 14.8 Å². The molecular weight excluding hydrogens is 343 g/mol. The van der Waals surface area contributed by atoms with E-state index >= 15 is 0 Å². The summed E-state index contributed by atoms with van der Waals surface area (Å²) in [5.74, 6) is 0. The lowest BCUT2D eigenvalue weighted by atomic mass is 10.3. The highest BCUT2D eigenvalue weighted by Gasteiger charge is 2.13. The molecular formula is C11H9BrCl2N2S. The molecule has 0 unspecified atom stereocenters. The molecule has 1 aromatic carbocycles. The summed E-state index contributed by atoms with van der Waals surface area (Å²) in [6, 6.07) is 3.61. The number of H-pyrrole nitrogens is 1. The van der Waals surface area contributed by atoms with E-state index in [2.05, 4.69) is 27.8 Å². The number of aromatic nitrogens is 2. The highest BCUT2D eigenvalue weighted by Crippen LogP contribution is 2.33. The van der Waals surface area contributed by atoms with Gasteiger partial charge in [0.25, 0.3) is 0 Å². The topological polar surface area (TPSA) is 20.7 Å². The highest BCUT2D eigenvalue weighted by atomic mass is 79.9. The number of nitrogens with zero attached hydrogens (tertiary/aromatic N) is 1. The number of nitrogens with one attached hydrogen (secondary N) is 1. The van der Waals surface area contributed by atoms with Crippen LogP contribution in [0.25, 0.3) is 5.69 Å². The van der Waals surface area contributed by atoms with Gasteiger partial charge in [0.05, 0.1) is 15.7 Å². The molecule has 90 valence electrons. The maximum Gasteiger partial charge on any atom is 0.182 e. The van der Waals surface area contributed by atoms with Crippen molar-refractivity contribution >= 4 is 51.3 Å². The van der Waals surface area contributed by atoms with Crippen LogP contribution in [0.3, 0.4) is 0 Å². The second-order valence-electron chi connectivity index (χ2n) is 3.49. The van der Waals surface area contributed by atoms with Gasteiger partial charge in [-0.05, 0) is 30.8 Å². The number of aryl methyl sites for hydroxylation is 1. The molecule has 0 radical (unpaired) electrons. The first-order valence-corrected chi connectivity index (χ1v) is 6.94. The maximum absolute atomic E-state index is 6.23. The molecule has 2 nitrogen and oxygen atoms in total. The molecule has 0 aliphatic heterocycles. The highest BCUT2D eigenvalue weighted by molar-refractivity contribution is 9.10. The third kappa shape index (κ3) is 2.45. The van der Waals surface area contributed by atoms with Crippen molar-refractivity contribution < 1.29 is 0 Å². The maximum atomic E-state index is 6.23. The van der Waals surface area contributed by atoms with Crippen LogP contribution < -0.4 is 0 Å². The lowest BCUT2D eigenvalue weighted by Gasteiger charge is -2.11. The fraction of sp³-hybridized carbons (Fsp3) is 0.182. The fourth-order valence-corrected chi connectivity index (χ4v) is 3.30.